The van der Waals surface area contributed by atoms with Gasteiger partial charge in [-0.2, -0.15) is 5.26 Å². The summed E-state index contributed by atoms with van der Waals surface area (Å²) >= 11 is 0. The summed E-state index contributed by atoms with van der Waals surface area (Å²) in [7, 11) is 2.15. The number of fused-ring (bicyclic) bond motifs is 1. The number of aromatic nitrogens is 1. The number of carbonyl (C=O) groups excluding carboxylic acids is 1. The Labute approximate surface area is 187 Å². The van der Waals surface area contributed by atoms with Crippen molar-refractivity contribution in [3.8, 4) is 6.07 Å². The van der Waals surface area contributed by atoms with E-state index in [2.05, 4.69) is 44.6 Å². The Bertz CT molecular complexity index is 1070. The van der Waals surface area contributed by atoms with Crippen LogP contribution in [-0.4, -0.2) is 71.6 Å². The molecule has 9 heteroatoms. The van der Waals surface area contributed by atoms with Gasteiger partial charge >= 0.3 is 0 Å². The van der Waals surface area contributed by atoms with Crippen molar-refractivity contribution in [1.82, 2.24) is 20.1 Å². The van der Waals surface area contributed by atoms with E-state index in [1.165, 1.54) is 0 Å². The van der Waals surface area contributed by atoms with Gasteiger partial charge in [-0.1, -0.05) is 0 Å². The zero-order chi connectivity index (χ0) is 21.9. The molecule has 1 saturated heterocycles. The van der Waals surface area contributed by atoms with Crippen LogP contribution in [0.2, 0.25) is 0 Å². The van der Waals surface area contributed by atoms with Crippen molar-refractivity contribution in [3.05, 3.63) is 41.8 Å². The summed E-state index contributed by atoms with van der Waals surface area (Å²) in [5, 5.41) is 15.8. The van der Waals surface area contributed by atoms with Crippen molar-refractivity contribution in [2.24, 2.45) is 10.9 Å². The number of pyridine rings is 1. The molecule has 164 valence electrons. The van der Waals surface area contributed by atoms with E-state index in [1.807, 2.05) is 23.4 Å². The fourth-order valence-electron chi connectivity index (χ4n) is 5.44. The maximum Gasteiger partial charge on any atom is 0.266 e. The third-order valence-electron chi connectivity index (χ3n) is 7.43. The van der Waals surface area contributed by atoms with Gasteiger partial charge in [0.1, 0.15) is 17.5 Å². The third-order valence-corrected chi connectivity index (χ3v) is 7.43. The van der Waals surface area contributed by atoms with Crippen LogP contribution in [0.3, 0.4) is 0 Å². The maximum absolute atomic E-state index is 13.0. The highest BCUT2D eigenvalue weighted by Gasteiger charge is 2.63. The second-order valence-corrected chi connectivity index (χ2v) is 9.50. The van der Waals surface area contributed by atoms with Crippen LogP contribution >= 0.6 is 0 Å². The van der Waals surface area contributed by atoms with Crippen LogP contribution in [0.5, 0.6) is 0 Å². The lowest BCUT2D eigenvalue weighted by atomic mass is 9.48. The van der Waals surface area contributed by atoms with E-state index in [0.717, 1.165) is 62.6 Å². The predicted molar refractivity (Wildman–Crippen MR) is 121 cm³/mol. The highest BCUT2D eigenvalue weighted by atomic mass is 16.2. The Balaban J connectivity index is 1.20. The summed E-state index contributed by atoms with van der Waals surface area (Å²) in [4.78, 5) is 28.9. The monoisotopic (exact) mass is 430 g/mol. The molecule has 0 aromatic carbocycles. The average Bonchev–Trinajstić information content (AvgIpc) is 2.74. The van der Waals surface area contributed by atoms with Gasteiger partial charge in [-0.25, -0.2) is 9.98 Å². The van der Waals surface area contributed by atoms with E-state index >= 15 is 0 Å². The van der Waals surface area contributed by atoms with Crippen molar-refractivity contribution < 1.29 is 4.79 Å². The lowest BCUT2D eigenvalue weighted by molar-refractivity contribution is -0.174. The molecule has 0 spiro atoms. The molecular formula is C23H26N8O. The number of piperazine rings is 1. The first kappa shape index (κ1) is 19.3. The summed E-state index contributed by atoms with van der Waals surface area (Å²) in [6, 6.07) is 6.09. The molecule has 0 radical (unpaired) electrons. The molecule has 3 aliphatic carbocycles. The van der Waals surface area contributed by atoms with Gasteiger partial charge in [-0.15, -0.1) is 0 Å². The minimum Gasteiger partial charge on any atom is -0.368 e. The number of rotatable bonds is 3. The molecule has 1 unspecified atom stereocenters. The number of hydrogen-bond donors (Lipinski definition) is 2. The van der Waals surface area contributed by atoms with Crippen molar-refractivity contribution in [2.45, 2.75) is 31.0 Å². The van der Waals surface area contributed by atoms with Crippen molar-refractivity contribution in [2.75, 3.05) is 43.4 Å². The van der Waals surface area contributed by atoms with Gasteiger partial charge < -0.3 is 25.3 Å². The Hall–Kier alpha value is -3.38. The number of nitrogens with one attached hydrogen (secondary N) is 2. The quantitative estimate of drug-likeness (QED) is 0.745. The van der Waals surface area contributed by atoms with Crippen LogP contribution < -0.4 is 15.5 Å². The van der Waals surface area contributed by atoms with Crippen LogP contribution in [0.1, 0.15) is 19.3 Å². The van der Waals surface area contributed by atoms with E-state index < -0.39 is 6.17 Å². The molecule has 4 fully saturated rings. The first-order valence-electron chi connectivity index (χ1n) is 11.2. The normalized spacial score (nSPS) is 31.1. The Morgan fingerprint density at radius 2 is 2.00 bits per heavy atom. The molecule has 1 aromatic rings. The van der Waals surface area contributed by atoms with Crippen LogP contribution in [-0.2, 0) is 4.79 Å². The number of aliphatic imine (C=N–C) groups is 1. The second kappa shape index (κ2) is 7.07. The molecular weight excluding hydrogens is 404 g/mol. The van der Waals surface area contributed by atoms with Gasteiger partial charge in [0.2, 0.25) is 5.96 Å². The van der Waals surface area contributed by atoms with E-state index in [1.54, 1.807) is 6.08 Å². The van der Waals surface area contributed by atoms with Crippen LogP contribution in [0.4, 0.5) is 11.5 Å². The predicted octanol–water partition coefficient (Wildman–Crippen LogP) is 1.26. The smallest absolute Gasteiger partial charge is 0.266 e. The van der Waals surface area contributed by atoms with E-state index in [4.69, 9.17) is 4.99 Å². The largest absolute Gasteiger partial charge is 0.368 e. The van der Waals surface area contributed by atoms with E-state index in [0.29, 0.717) is 11.8 Å². The maximum atomic E-state index is 13.0. The second-order valence-electron chi connectivity index (χ2n) is 9.50. The van der Waals surface area contributed by atoms with Gasteiger partial charge in [-0.3, -0.25) is 4.79 Å². The van der Waals surface area contributed by atoms with Gasteiger partial charge in [0, 0.05) is 43.5 Å². The first-order valence-corrected chi connectivity index (χ1v) is 11.2. The van der Waals surface area contributed by atoms with E-state index in [9.17, 15) is 10.1 Å². The average molecular weight is 431 g/mol. The summed E-state index contributed by atoms with van der Waals surface area (Å²) in [6.07, 6.45) is 8.02. The molecule has 4 heterocycles. The fourth-order valence-corrected chi connectivity index (χ4v) is 5.44. The molecule has 3 aliphatic heterocycles. The molecule has 1 atom stereocenters. The molecule has 3 saturated carbocycles. The Morgan fingerprint density at radius 1 is 1.22 bits per heavy atom. The number of hydrogen-bond acceptors (Lipinski definition) is 8. The number of anilines is 2. The van der Waals surface area contributed by atoms with Crippen molar-refractivity contribution in [1.29, 1.82) is 5.26 Å². The Kier molecular flexibility index (Phi) is 4.27. The first-order chi connectivity index (χ1) is 15.5. The molecule has 9 nitrogen and oxygen atoms in total. The topological polar surface area (TPSA) is 99.9 Å². The van der Waals surface area contributed by atoms with Crippen molar-refractivity contribution >= 4 is 23.4 Å². The number of nitrogens with zero attached hydrogens (tertiary/aromatic N) is 6. The molecule has 2 bridgehead atoms. The molecule has 1 amide bonds. The highest BCUT2D eigenvalue weighted by Crippen LogP contribution is 2.62. The zero-order valence-electron chi connectivity index (χ0n) is 18.1. The fraction of sp³-hybridized carbons (Fsp3) is 0.478. The number of likely N-dealkylation sites (N-methyl/N-ethyl adjacent to an activating group) is 1. The molecule has 7 rings (SSSR count). The van der Waals surface area contributed by atoms with E-state index in [-0.39, 0.29) is 17.0 Å². The number of nitriles is 1. The number of amides is 1. The SMILES string of the molecule is CN1CCN(c2ccc(NC3=NC4C(=CN3)C=C(C#N)C(=O)N4C34CC(C3)C4)nc2)CC1. The minimum atomic E-state index is -0.408. The third kappa shape index (κ3) is 2.98. The molecule has 1 aromatic heterocycles. The summed E-state index contributed by atoms with van der Waals surface area (Å²) in [5.74, 6) is 1.76. The summed E-state index contributed by atoms with van der Waals surface area (Å²) in [6.45, 7) is 4.10. The molecule has 2 N–H and O–H groups in total. The zero-order valence-corrected chi connectivity index (χ0v) is 18.1. The summed E-state index contributed by atoms with van der Waals surface area (Å²) < 4.78 is 0. The van der Waals surface area contributed by atoms with Gasteiger partial charge in [0.05, 0.1) is 11.9 Å². The number of carbonyl (C=O) groups is 1. The standard InChI is InChI=1S/C23H26N8O/c1-29-4-6-30(7-5-29)18-2-3-19(25-14-18)27-22-26-13-17-8-16(12-24)21(32)31(20(17)28-22)23-9-15(10-23)11-23/h2-3,8,13-15,20H,4-7,9-11H2,1H3,(H2,25,26,27,28). The lowest BCUT2D eigenvalue weighted by Gasteiger charge is -2.67. The highest BCUT2D eigenvalue weighted by molar-refractivity contribution is 6.02. The van der Waals surface area contributed by atoms with Crippen molar-refractivity contribution in [3.63, 3.8) is 0 Å². The van der Waals surface area contributed by atoms with Crippen LogP contribution in [0, 0.1) is 17.2 Å². The number of guanidine groups is 1. The molecule has 32 heavy (non-hydrogen) atoms. The minimum absolute atomic E-state index is 0.129. The molecule has 6 aliphatic rings. The van der Waals surface area contributed by atoms with Gasteiger partial charge in [-0.05, 0) is 50.4 Å². The lowest BCUT2D eigenvalue weighted by Crippen LogP contribution is -2.72. The van der Waals surface area contributed by atoms with Crippen LogP contribution in [0.25, 0.3) is 0 Å². The van der Waals surface area contributed by atoms with Gasteiger partial charge in [0.25, 0.3) is 5.91 Å². The summed E-state index contributed by atoms with van der Waals surface area (Å²) in [5.41, 5.74) is 2.02. The van der Waals surface area contributed by atoms with Gasteiger partial charge in [0.15, 0.2) is 6.17 Å². The Morgan fingerprint density at radius 3 is 2.62 bits per heavy atom. The van der Waals surface area contributed by atoms with Crippen LogP contribution in [0.15, 0.2) is 46.7 Å².